The number of carbonyl (C=O) groups excluding carboxylic acids is 1. The normalized spacial score (nSPS) is 22.2. The minimum absolute atomic E-state index is 0.169. The van der Waals surface area contributed by atoms with Gasteiger partial charge in [-0.3, -0.25) is 4.79 Å². The summed E-state index contributed by atoms with van der Waals surface area (Å²) < 4.78 is 5.52. The summed E-state index contributed by atoms with van der Waals surface area (Å²) >= 11 is 0. The van der Waals surface area contributed by atoms with E-state index in [0.29, 0.717) is 13.2 Å². The molecule has 0 aliphatic carbocycles. The first-order valence-corrected chi connectivity index (χ1v) is 9.35. The van der Waals surface area contributed by atoms with Gasteiger partial charge in [0, 0.05) is 26.3 Å². The highest BCUT2D eigenvalue weighted by atomic mass is 16.5. The number of ether oxygens (including phenoxy) is 1. The maximum absolute atomic E-state index is 13.0. The van der Waals surface area contributed by atoms with Crippen molar-refractivity contribution < 1.29 is 9.53 Å². The van der Waals surface area contributed by atoms with Crippen LogP contribution in [0.3, 0.4) is 0 Å². The first-order chi connectivity index (χ1) is 11.7. The molecule has 0 bridgehead atoms. The Morgan fingerprint density at radius 3 is 2.54 bits per heavy atom. The predicted molar refractivity (Wildman–Crippen MR) is 96.0 cm³/mol. The lowest BCUT2D eigenvalue weighted by molar-refractivity contribution is -0.130. The first kappa shape index (κ1) is 17.4. The van der Waals surface area contributed by atoms with Gasteiger partial charge in [0.25, 0.3) is 0 Å². The summed E-state index contributed by atoms with van der Waals surface area (Å²) in [5, 5.41) is 3.21. The van der Waals surface area contributed by atoms with E-state index in [1.54, 1.807) is 0 Å². The summed E-state index contributed by atoms with van der Waals surface area (Å²) in [5.74, 6) is 1.02. The minimum atomic E-state index is -0.421. The molecule has 2 aliphatic rings. The van der Waals surface area contributed by atoms with Crippen LogP contribution in [-0.4, -0.2) is 50.2 Å². The van der Waals surface area contributed by atoms with E-state index in [1.807, 2.05) is 18.2 Å². The Bertz CT molecular complexity index is 518. The van der Waals surface area contributed by atoms with E-state index in [0.717, 1.165) is 50.5 Å². The van der Waals surface area contributed by atoms with Crippen LogP contribution in [-0.2, 0) is 14.9 Å². The van der Waals surface area contributed by atoms with Crippen molar-refractivity contribution in [2.75, 3.05) is 39.4 Å². The number of nitrogens with zero attached hydrogens (tertiary/aromatic N) is 1. The molecule has 0 aromatic heterocycles. The van der Waals surface area contributed by atoms with E-state index < -0.39 is 5.41 Å². The molecule has 2 heterocycles. The topological polar surface area (TPSA) is 41.6 Å². The van der Waals surface area contributed by atoms with E-state index in [2.05, 4.69) is 29.3 Å². The van der Waals surface area contributed by atoms with E-state index in [9.17, 15) is 4.79 Å². The number of hydrogen-bond donors (Lipinski definition) is 1. The van der Waals surface area contributed by atoms with Crippen molar-refractivity contribution in [2.24, 2.45) is 5.92 Å². The van der Waals surface area contributed by atoms with Gasteiger partial charge in [0.05, 0.1) is 5.41 Å². The van der Waals surface area contributed by atoms with Gasteiger partial charge in [-0.25, -0.2) is 0 Å². The number of amides is 1. The van der Waals surface area contributed by atoms with E-state index in [4.69, 9.17) is 4.74 Å². The zero-order chi connectivity index (χ0) is 16.8. The summed E-state index contributed by atoms with van der Waals surface area (Å²) in [6, 6.07) is 10.2. The molecule has 0 unspecified atom stereocenters. The van der Waals surface area contributed by atoms with Crippen LogP contribution in [0, 0.1) is 5.92 Å². The number of rotatable bonds is 5. The first-order valence-electron chi connectivity index (χ1n) is 9.35. The van der Waals surface area contributed by atoms with Gasteiger partial charge < -0.3 is 15.0 Å². The SMILES string of the molecule is CC1CCN(CCNC(=O)C2(c3ccccc3)CCOCC2)CC1. The van der Waals surface area contributed by atoms with Crippen molar-refractivity contribution in [3.05, 3.63) is 35.9 Å². The van der Waals surface area contributed by atoms with Gasteiger partial charge >= 0.3 is 0 Å². The van der Waals surface area contributed by atoms with Crippen LogP contribution < -0.4 is 5.32 Å². The number of nitrogens with one attached hydrogen (secondary N) is 1. The molecule has 1 amide bonds. The highest BCUT2D eigenvalue weighted by Gasteiger charge is 2.41. The quantitative estimate of drug-likeness (QED) is 0.902. The van der Waals surface area contributed by atoms with Crippen molar-refractivity contribution >= 4 is 5.91 Å². The molecule has 3 rings (SSSR count). The Kier molecular flexibility index (Phi) is 5.90. The Hall–Kier alpha value is -1.39. The maximum atomic E-state index is 13.0. The summed E-state index contributed by atoms with van der Waals surface area (Å²) in [7, 11) is 0. The zero-order valence-corrected chi connectivity index (χ0v) is 14.8. The third kappa shape index (κ3) is 3.98. The van der Waals surface area contributed by atoms with Crippen molar-refractivity contribution in [1.29, 1.82) is 0 Å². The van der Waals surface area contributed by atoms with E-state index >= 15 is 0 Å². The second-order valence-corrected chi connectivity index (χ2v) is 7.34. The van der Waals surface area contributed by atoms with Gasteiger partial charge in [0.2, 0.25) is 5.91 Å². The smallest absolute Gasteiger partial charge is 0.230 e. The van der Waals surface area contributed by atoms with Gasteiger partial charge in [-0.2, -0.15) is 0 Å². The predicted octanol–water partition coefficient (Wildman–Crippen LogP) is 2.58. The molecule has 0 atom stereocenters. The molecule has 0 saturated carbocycles. The lowest BCUT2D eigenvalue weighted by Crippen LogP contribution is -2.49. The molecule has 132 valence electrons. The Morgan fingerprint density at radius 2 is 1.88 bits per heavy atom. The van der Waals surface area contributed by atoms with Gasteiger partial charge in [-0.05, 0) is 50.3 Å². The van der Waals surface area contributed by atoms with E-state index in [-0.39, 0.29) is 5.91 Å². The average molecular weight is 330 g/mol. The molecule has 4 heteroatoms. The number of piperidine rings is 1. The number of hydrogen-bond acceptors (Lipinski definition) is 3. The Balaban J connectivity index is 1.58. The highest BCUT2D eigenvalue weighted by Crippen LogP contribution is 2.35. The molecule has 4 nitrogen and oxygen atoms in total. The Morgan fingerprint density at radius 1 is 1.21 bits per heavy atom. The number of likely N-dealkylation sites (tertiary alicyclic amines) is 1. The van der Waals surface area contributed by atoms with Crippen LogP contribution >= 0.6 is 0 Å². The molecular formula is C20H30N2O2. The molecule has 2 saturated heterocycles. The van der Waals surface area contributed by atoms with Crippen LogP contribution in [0.1, 0.15) is 38.2 Å². The monoisotopic (exact) mass is 330 g/mol. The molecule has 0 spiro atoms. The second-order valence-electron chi connectivity index (χ2n) is 7.34. The summed E-state index contributed by atoms with van der Waals surface area (Å²) in [4.78, 5) is 15.5. The lowest BCUT2D eigenvalue weighted by atomic mass is 9.73. The molecule has 1 aromatic rings. The minimum Gasteiger partial charge on any atom is -0.381 e. The molecule has 2 fully saturated rings. The molecule has 1 aromatic carbocycles. The standard InChI is InChI=1S/C20H30N2O2/c1-17-7-12-22(13-8-17)14-11-21-19(23)20(9-15-24-16-10-20)18-5-3-2-4-6-18/h2-6,17H,7-16H2,1H3,(H,21,23). The van der Waals surface area contributed by atoms with Crippen molar-refractivity contribution in [3.8, 4) is 0 Å². The summed E-state index contributed by atoms with van der Waals surface area (Å²) in [6.45, 7) is 7.67. The van der Waals surface area contributed by atoms with Gasteiger partial charge in [-0.15, -0.1) is 0 Å². The fraction of sp³-hybridized carbons (Fsp3) is 0.650. The molecule has 0 radical (unpaired) electrons. The third-order valence-electron chi connectivity index (χ3n) is 5.70. The fourth-order valence-corrected chi connectivity index (χ4v) is 3.91. The van der Waals surface area contributed by atoms with E-state index in [1.165, 1.54) is 12.8 Å². The van der Waals surface area contributed by atoms with Crippen LogP contribution in [0.25, 0.3) is 0 Å². The molecular weight excluding hydrogens is 300 g/mol. The fourth-order valence-electron chi connectivity index (χ4n) is 3.91. The second kappa shape index (κ2) is 8.13. The number of carbonyl (C=O) groups is 1. The maximum Gasteiger partial charge on any atom is 0.230 e. The largest absolute Gasteiger partial charge is 0.381 e. The van der Waals surface area contributed by atoms with Crippen LogP contribution in [0.5, 0.6) is 0 Å². The van der Waals surface area contributed by atoms with Crippen LogP contribution in [0.2, 0.25) is 0 Å². The number of benzene rings is 1. The third-order valence-corrected chi connectivity index (χ3v) is 5.70. The van der Waals surface area contributed by atoms with Crippen molar-refractivity contribution in [2.45, 2.75) is 38.0 Å². The lowest BCUT2D eigenvalue weighted by Gasteiger charge is -2.36. The molecule has 24 heavy (non-hydrogen) atoms. The summed E-state index contributed by atoms with van der Waals surface area (Å²) in [5.41, 5.74) is 0.702. The van der Waals surface area contributed by atoms with Gasteiger partial charge in [-0.1, -0.05) is 37.3 Å². The highest BCUT2D eigenvalue weighted by molar-refractivity contribution is 5.88. The van der Waals surface area contributed by atoms with Gasteiger partial charge in [0.1, 0.15) is 0 Å². The van der Waals surface area contributed by atoms with Crippen molar-refractivity contribution in [1.82, 2.24) is 10.2 Å². The van der Waals surface area contributed by atoms with Crippen LogP contribution in [0.15, 0.2) is 30.3 Å². The zero-order valence-electron chi connectivity index (χ0n) is 14.8. The van der Waals surface area contributed by atoms with Crippen LogP contribution in [0.4, 0.5) is 0 Å². The molecule has 1 N–H and O–H groups in total. The Labute approximate surface area is 145 Å². The van der Waals surface area contributed by atoms with Gasteiger partial charge in [0.15, 0.2) is 0 Å². The average Bonchev–Trinajstić information content (AvgIpc) is 2.64. The summed E-state index contributed by atoms with van der Waals surface area (Å²) in [6.07, 6.45) is 4.09. The van der Waals surface area contributed by atoms with Crippen molar-refractivity contribution in [3.63, 3.8) is 0 Å². The molecule has 2 aliphatic heterocycles.